The second-order valence-corrected chi connectivity index (χ2v) is 5.49. The zero-order valence-corrected chi connectivity index (χ0v) is 12.2. The standard InChI is InChI=1S/C13H10N2O3S2/c1-2-17-13(16)9-7-19-11(15-9)8-6-20-12(14-8)10-4-3-5-18-10/h3-7H,2H2,1H3. The monoisotopic (exact) mass is 306 g/mol. The van der Waals surface area contributed by atoms with Crippen molar-refractivity contribution < 1.29 is 13.9 Å². The molecule has 0 aromatic carbocycles. The molecule has 0 spiro atoms. The van der Waals surface area contributed by atoms with Crippen LogP contribution in [-0.2, 0) is 4.74 Å². The zero-order valence-electron chi connectivity index (χ0n) is 10.5. The maximum absolute atomic E-state index is 11.6. The van der Waals surface area contributed by atoms with E-state index in [2.05, 4.69) is 9.97 Å². The highest BCUT2D eigenvalue weighted by molar-refractivity contribution is 7.15. The average Bonchev–Trinajstić information content (AvgIpc) is 3.19. The van der Waals surface area contributed by atoms with Gasteiger partial charge in [0.25, 0.3) is 0 Å². The van der Waals surface area contributed by atoms with Gasteiger partial charge in [-0.1, -0.05) is 0 Å². The second kappa shape index (κ2) is 5.56. The fourth-order valence-electron chi connectivity index (χ4n) is 1.58. The third-order valence-corrected chi connectivity index (χ3v) is 4.17. The lowest BCUT2D eigenvalue weighted by molar-refractivity contribution is 0.0520. The molecule has 5 nitrogen and oxygen atoms in total. The lowest BCUT2D eigenvalue weighted by atomic mass is 10.4. The highest BCUT2D eigenvalue weighted by Gasteiger charge is 2.15. The molecule has 3 aromatic heterocycles. The Morgan fingerprint density at radius 1 is 1.30 bits per heavy atom. The molecular formula is C13H10N2O3S2. The molecule has 102 valence electrons. The van der Waals surface area contributed by atoms with Gasteiger partial charge in [-0.25, -0.2) is 14.8 Å². The van der Waals surface area contributed by atoms with Gasteiger partial charge in [-0.2, -0.15) is 0 Å². The Morgan fingerprint density at radius 3 is 2.90 bits per heavy atom. The van der Waals surface area contributed by atoms with Gasteiger partial charge < -0.3 is 9.15 Å². The molecule has 0 bridgehead atoms. The van der Waals surface area contributed by atoms with Crippen molar-refractivity contribution in [3.63, 3.8) is 0 Å². The Bertz CT molecular complexity index is 716. The highest BCUT2D eigenvalue weighted by atomic mass is 32.1. The average molecular weight is 306 g/mol. The van der Waals surface area contributed by atoms with Gasteiger partial charge in [-0.15, -0.1) is 22.7 Å². The molecule has 0 amide bonds. The van der Waals surface area contributed by atoms with E-state index in [0.29, 0.717) is 17.3 Å². The summed E-state index contributed by atoms with van der Waals surface area (Å²) in [5.41, 5.74) is 1.06. The predicted octanol–water partition coefficient (Wildman–Crippen LogP) is 3.70. The maximum Gasteiger partial charge on any atom is 0.357 e. The van der Waals surface area contributed by atoms with Crippen molar-refractivity contribution in [3.05, 3.63) is 34.8 Å². The third-order valence-electron chi connectivity index (χ3n) is 2.44. The number of thiazole rings is 2. The number of aromatic nitrogens is 2. The molecule has 0 N–H and O–H groups in total. The van der Waals surface area contributed by atoms with Crippen molar-refractivity contribution in [3.8, 4) is 21.5 Å². The number of carbonyl (C=O) groups excluding carboxylic acids is 1. The summed E-state index contributed by atoms with van der Waals surface area (Å²) in [6.07, 6.45) is 1.61. The van der Waals surface area contributed by atoms with Crippen LogP contribution in [0.5, 0.6) is 0 Å². The molecule has 0 saturated carbocycles. The van der Waals surface area contributed by atoms with Crippen molar-refractivity contribution in [1.82, 2.24) is 9.97 Å². The minimum absolute atomic E-state index is 0.319. The van der Waals surface area contributed by atoms with Crippen molar-refractivity contribution in [1.29, 1.82) is 0 Å². The van der Waals surface area contributed by atoms with Crippen molar-refractivity contribution in [2.45, 2.75) is 6.92 Å². The quantitative estimate of drug-likeness (QED) is 0.688. The van der Waals surface area contributed by atoms with Gasteiger partial charge in [-0.05, 0) is 19.1 Å². The summed E-state index contributed by atoms with van der Waals surface area (Å²) in [7, 11) is 0. The van der Waals surface area contributed by atoms with Gasteiger partial charge in [0.15, 0.2) is 16.5 Å². The Labute approximate surface area is 122 Å². The van der Waals surface area contributed by atoms with E-state index in [9.17, 15) is 4.79 Å². The molecule has 0 unspecified atom stereocenters. The van der Waals surface area contributed by atoms with E-state index < -0.39 is 5.97 Å². The molecule has 0 aliphatic carbocycles. The van der Waals surface area contributed by atoms with Crippen LogP contribution in [0.3, 0.4) is 0 Å². The van der Waals surface area contributed by atoms with Crippen LogP contribution in [0.2, 0.25) is 0 Å². The minimum Gasteiger partial charge on any atom is -0.462 e. The summed E-state index contributed by atoms with van der Waals surface area (Å²) in [5.74, 6) is 0.319. The van der Waals surface area contributed by atoms with Crippen LogP contribution in [0, 0.1) is 0 Å². The molecule has 3 heterocycles. The van der Waals surface area contributed by atoms with Crippen LogP contribution in [-0.4, -0.2) is 22.5 Å². The third kappa shape index (κ3) is 2.50. The maximum atomic E-state index is 11.6. The van der Waals surface area contributed by atoms with E-state index in [4.69, 9.17) is 9.15 Å². The summed E-state index contributed by atoms with van der Waals surface area (Å²) >= 11 is 2.84. The molecule has 0 radical (unpaired) electrons. The number of hydrogen-bond donors (Lipinski definition) is 0. The molecule has 3 rings (SSSR count). The van der Waals surface area contributed by atoms with Crippen LogP contribution in [0.25, 0.3) is 21.5 Å². The molecule has 0 fully saturated rings. The number of rotatable bonds is 4. The van der Waals surface area contributed by atoms with E-state index in [1.54, 1.807) is 18.6 Å². The van der Waals surface area contributed by atoms with Crippen LogP contribution >= 0.6 is 22.7 Å². The molecule has 3 aromatic rings. The Balaban J connectivity index is 1.85. The minimum atomic E-state index is -0.406. The largest absolute Gasteiger partial charge is 0.462 e. The lowest BCUT2D eigenvalue weighted by Gasteiger charge is -1.95. The first-order valence-corrected chi connectivity index (χ1v) is 7.66. The summed E-state index contributed by atoms with van der Waals surface area (Å²) in [5, 5.41) is 5.06. The van der Waals surface area contributed by atoms with E-state index in [-0.39, 0.29) is 0 Å². The summed E-state index contributed by atoms with van der Waals surface area (Å²) in [6, 6.07) is 3.67. The Morgan fingerprint density at radius 2 is 2.15 bits per heavy atom. The molecule has 7 heteroatoms. The van der Waals surface area contributed by atoms with E-state index in [0.717, 1.165) is 16.5 Å². The predicted molar refractivity (Wildman–Crippen MR) is 76.9 cm³/mol. The first kappa shape index (κ1) is 13.0. The zero-order chi connectivity index (χ0) is 13.9. The normalized spacial score (nSPS) is 10.7. The number of esters is 1. The molecule has 0 aliphatic heterocycles. The smallest absolute Gasteiger partial charge is 0.357 e. The SMILES string of the molecule is CCOC(=O)c1csc(-c2csc(-c3ccco3)n2)n1. The fourth-order valence-corrected chi connectivity index (χ4v) is 3.17. The van der Waals surface area contributed by atoms with E-state index in [1.807, 2.05) is 17.5 Å². The molecular weight excluding hydrogens is 296 g/mol. The number of nitrogens with zero attached hydrogens (tertiary/aromatic N) is 2. The molecule has 0 aliphatic rings. The fraction of sp³-hybridized carbons (Fsp3) is 0.154. The molecule has 0 atom stereocenters. The summed E-state index contributed by atoms with van der Waals surface area (Å²) in [6.45, 7) is 2.10. The molecule has 20 heavy (non-hydrogen) atoms. The number of carbonyl (C=O) groups is 1. The summed E-state index contributed by atoms with van der Waals surface area (Å²) in [4.78, 5) is 20.3. The van der Waals surface area contributed by atoms with Gasteiger partial charge >= 0.3 is 5.97 Å². The number of ether oxygens (including phenoxy) is 1. The van der Waals surface area contributed by atoms with Crippen LogP contribution in [0.4, 0.5) is 0 Å². The second-order valence-electron chi connectivity index (χ2n) is 3.77. The van der Waals surface area contributed by atoms with E-state index in [1.165, 1.54) is 22.7 Å². The Hall–Kier alpha value is -1.99. The van der Waals surface area contributed by atoms with Gasteiger partial charge in [0, 0.05) is 10.8 Å². The summed E-state index contributed by atoms with van der Waals surface area (Å²) < 4.78 is 10.2. The van der Waals surface area contributed by atoms with Crippen molar-refractivity contribution in [2.75, 3.05) is 6.61 Å². The van der Waals surface area contributed by atoms with Crippen molar-refractivity contribution >= 4 is 28.6 Å². The van der Waals surface area contributed by atoms with Crippen molar-refractivity contribution in [2.24, 2.45) is 0 Å². The van der Waals surface area contributed by atoms with Gasteiger partial charge in [0.05, 0.1) is 12.9 Å². The first-order valence-electron chi connectivity index (χ1n) is 5.90. The molecule has 0 saturated heterocycles. The number of furan rings is 1. The van der Waals surface area contributed by atoms with Crippen LogP contribution in [0.1, 0.15) is 17.4 Å². The van der Waals surface area contributed by atoms with Crippen LogP contribution < -0.4 is 0 Å². The van der Waals surface area contributed by atoms with E-state index >= 15 is 0 Å². The first-order chi connectivity index (χ1) is 9.78. The van der Waals surface area contributed by atoms with Crippen LogP contribution in [0.15, 0.2) is 33.6 Å². The lowest BCUT2D eigenvalue weighted by Crippen LogP contribution is -2.04. The van der Waals surface area contributed by atoms with Gasteiger partial charge in [0.1, 0.15) is 10.7 Å². The van der Waals surface area contributed by atoms with Gasteiger partial charge in [0.2, 0.25) is 0 Å². The number of hydrogen-bond acceptors (Lipinski definition) is 7. The Kier molecular flexibility index (Phi) is 3.62. The highest BCUT2D eigenvalue weighted by Crippen LogP contribution is 2.30. The van der Waals surface area contributed by atoms with Gasteiger partial charge in [-0.3, -0.25) is 0 Å². The topological polar surface area (TPSA) is 65.2 Å².